The van der Waals surface area contributed by atoms with Gasteiger partial charge in [0.2, 0.25) is 0 Å². The van der Waals surface area contributed by atoms with Crippen LogP contribution in [0.2, 0.25) is 0 Å². The summed E-state index contributed by atoms with van der Waals surface area (Å²) in [6, 6.07) is 16.4. The predicted molar refractivity (Wildman–Crippen MR) is 133 cm³/mol. The standard InChI is InChI=1S/C27H33O3P/c1-17-15-16-22(24(28)23(17)27(4,5)6)31(25-18(2)11-9-13-20(25)29-7)26-19(3)12-10-14-21(26)30-8/h9-16,28H,1-8H3. The van der Waals surface area contributed by atoms with Crippen molar-refractivity contribution in [2.24, 2.45) is 0 Å². The summed E-state index contributed by atoms with van der Waals surface area (Å²) in [5.41, 5.74) is 4.16. The van der Waals surface area contributed by atoms with Gasteiger partial charge in [0, 0.05) is 21.5 Å². The van der Waals surface area contributed by atoms with Crippen LogP contribution in [0.3, 0.4) is 0 Å². The normalized spacial score (nSPS) is 11.6. The van der Waals surface area contributed by atoms with Gasteiger partial charge >= 0.3 is 0 Å². The van der Waals surface area contributed by atoms with Crippen LogP contribution in [0.25, 0.3) is 0 Å². The molecule has 0 spiro atoms. The number of rotatable bonds is 5. The first kappa shape index (κ1) is 23.2. The molecule has 1 N–H and O–H groups in total. The highest BCUT2D eigenvalue weighted by Gasteiger charge is 2.32. The second-order valence-corrected chi connectivity index (χ2v) is 11.0. The molecule has 0 unspecified atom stereocenters. The van der Waals surface area contributed by atoms with E-state index < -0.39 is 7.92 Å². The molecular formula is C27H33O3P. The number of hydrogen-bond donors (Lipinski definition) is 1. The molecule has 0 saturated heterocycles. The van der Waals surface area contributed by atoms with E-state index in [0.29, 0.717) is 5.75 Å². The fourth-order valence-electron chi connectivity index (χ4n) is 4.33. The number of phenolic OH excluding ortho intramolecular Hbond substituents is 1. The second-order valence-electron chi connectivity index (χ2n) is 8.96. The molecule has 0 heterocycles. The molecule has 0 bridgehead atoms. The van der Waals surface area contributed by atoms with Crippen molar-refractivity contribution >= 4 is 23.8 Å². The van der Waals surface area contributed by atoms with Gasteiger partial charge in [-0.2, -0.15) is 0 Å². The van der Waals surface area contributed by atoms with Gasteiger partial charge in [0.1, 0.15) is 17.2 Å². The summed E-state index contributed by atoms with van der Waals surface area (Å²) in [4.78, 5) is 0. The van der Waals surface area contributed by atoms with Gasteiger partial charge in [-0.05, 0) is 69.0 Å². The van der Waals surface area contributed by atoms with E-state index in [4.69, 9.17) is 9.47 Å². The topological polar surface area (TPSA) is 38.7 Å². The first-order chi connectivity index (χ1) is 14.6. The van der Waals surface area contributed by atoms with Crippen molar-refractivity contribution in [2.45, 2.75) is 47.0 Å². The highest BCUT2D eigenvalue weighted by Crippen LogP contribution is 2.46. The number of hydrogen-bond acceptors (Lipinski definition) is 3. The van der Waals surface area contributed by atoms with E-state index in [1.807, 2.05) is 24.3 Å². The van der Waals surface area contributed by atoms with Crippen LogP contribution in [-0.4, -0.2) is 19.3 Å². The molecule has 0 amide bonds. The third-order valence-corrected chi connectivity index (χ3v) is 8.53. The number of phenols is 1. The van der Waals surface area contributed by atoms with Crippen molar-refractivity contribution in [3.8, 4) is 17.2 Å². The van der Waals surface area contributed by atoms with Crippen molar-refractivity contribution < 1.29 is 14.6 Å². The molecule has 3 rings (SSSR count). The lowest BCUT2D eigenvalue weighted by molar-refractivity contribution is 0.417. The molecule has 3 aromatic rings. The Kier molecular flexibility index (Phi) is 6.67. The first-order valence-corrected chi connectivity index (χ1v) is 11.9. The second kappa shape index (κ2) is 8.93. The summed E-state index contributed by atoms with van der Waals surface area (Å²) >= 11 is 0. The van der Waals surface area contributed by atoms with Crippen molar-refractivity contribution in [2.75, 3.05) is 14.2 Å². The molecule has 0 fully saturated rings. The van der Waals surface area contributed by atoms with Crippen LogP contribution >= 0.6 is 7.92 Å². The minimum Gasteiger partial charge on any atom is -0.507 e. The van der Waals surface area contributed by atoms with E-state index in [1.54, 1.807) is 14.2 Å². The van der Waals surface area contributed by atoms with Crippen LogP contribution in [0.4, 0.5) is 0 Å². The Balaban J connectivity index is 2.47. The number of aryl methyl sites for hydroxylation is 3. The van der Waals surface area contributed by atoms with E-state index >= 15 is 0 Å². The number of aromatic hydroxyl groups is 1. The molecule has 31 heavy (non-hydrogen) atoms. The number of methoxy groups -OCH3 is 2. The molecule has 0 radical (unpaired) electrons. The highest BCUT2D eigenvalue weighted by atomic mass is 31.1. The molecule has 0 aliphatic heterocycles. The molecule has 3 nitrogen and oxygen atoms in total. The Labute approximate surface area is 187 Å². The lowest BCUT2D eigenvalue weighted by atomic mass is 9.83. The van der Waals surface area contributed by atoms with Crippen LogP contribution in [0.1, 0.15) is 43.0 Å². The van der Waals surface area contributed by atoms with Crippen molar-refractivity contribution in [1.29, 1.82) is 0 Å². The third kappa shape index (κ3) is 4.29. The molecule has 0 aliphatic carbocycles. The van der Waals surface area contributed by atoms with Crippen molar-refractivity contribution in [3.05, 3.63) is 70.8 Å². The van der Waals surface area contributed by atoms with E-state index in [-0.39, 0.29) is 5.41 Å². The molecule has 4 heteroatoms. The lowest BCUT2D eigenvalue weighted by Gasteiger charge is -2.30. The smallest absolute Gasteiger partial charge is 0.127 e. The maximum Gasteiger partial charge on any atom is 0.127 e. The van der Waals surface area contributed by atoms with Crippen LogP contribution < -0.4 is 25.4 Å². The summed E-state index contributed by atoms with van der Waals surface area (Å²) in [6.45, 7) is 12.7. The van der Waals surface area contributed by atoms with Gasteiger partial charge in [-0.1, -0.05) is 51.1 Å². The van der Waals surface area contributed by atoms with Gasteiger partial charge in [-0.3, -0.25) is 0 Å². The maximum atomic E-state index is 11.6. The average Bonchev–Trinajstić information content (AvgIpc) is 2.70. The van der Waals surface area contributed by atoms with Crippen LogP contribution in [0, 0.1) is 20.8 Å². The minimum atomic E-state index is -1.14. The average molecular weight is 437 g/mol. The summed E-state index contributed by atoms with van der Waals surface area (Å²) in [7, 11) is 2.27. The van der Waals surface area contributed by atoms with Gasteiger partial charge in [0.15, 0.2) is 0 Å². The zero-order valence-electron chi connectivity index (χ0n) is 19.8. The van der Waals surface area contributed by atoms with E-state index in [1.165, 1.54) is 0 Å². The molecule has 0 atom stereocenters. The quantitative estimate of drug-likeness (QED) is 0.545. The summed E-state index contributed by atoms with van der Waals surface area (Å²) in [5, 5.41) is 14.8. The largest absolute Gasteiger partial charge is 0.507 e. The van der Waals surface area contributed by atoms with E-state index in [9.17, 15) is 5.11 Å². The van der Waals surface area contributed by atoms with Crippen molar-refractivity contribution in [3.63, 3.8) is 0 Å². The Bertz CT molecular complexity index is 1040. The molecule has 0 aromatic heterocycles. The molecule has 3 aromatic carbocycles. The molecule has 164 valence electrons. The summed E-state index contributed by atoms with van der Waals surface area (Å²) in [5.74, 6) is 2.02. The van der Waals surface area contributed by atoms with Gasteiger partial charge < -0.3 is 14.6 Å². The maximum absolute atomic E-state index is 11.6. The summed E-state index contributed by atoms with van der Waals surface area (Å²) in [6.07, 6.45) is 0. The van der Waals surface area contributed by atoms with E-state index in [2.05, 4.69) is 65.8 Å². The van der Waals surface area contributed by atoms with Crippen LogP contribution in [0.15, 0.2) is 48.5 Å². The third-order valence-electron chi connectivity index (χ3n) is 5.64. The Morgan fingerprint density at radius 3 is 1.61 bits per heavy atom. The minimum absolute atomic E-state index is 0.184. The van der Waals surface area contributed by atoms with Crippen LogP contribution in [-0.2, 0) is 5.41 Å². The fraction of sp³-hybridized carbons (Fsp3) is 0.333. The highest BCUT2D eigenvalue weighted by molar-refractivity contribution is 7.80. The van der Waals surface area contributed by atoms with Gasteiger partial charge in [0.25, 0.3) is 0 Å². The summed E-state index contributed by atoms with van der Waals surface area (Å²) < 4.78 is 11.6. The van der Waals surface area contributed by atoms with E-state index in [0.717, 1.165) is 49.7 Å². The molecule has 0 saturated carbocycles. The van der Waals surface area contributed by atoms with Gasteiger partial charge in [-0.25, -0.2) is 0 Å². The molecular weight excluding hydrogens is 403 g/mol. The van der Waals surface area contributed by atoms with Crippen LogP contribution in [0.5, 0.6) is 17.2 Å². The Morgan fingerprint density at radius 1 is 0.710 bits per heavy atom. The number of ether oxygens (including phenoxy) is 2. The zero-order valence-corrected chi connectivity index (χ0v) is 20.7. The number of benzene rings is 3. The lowest BCUT2D eigenvalue weighted by Crippen LogP contribution is -2.28. The Morgan fingerprint density at radius 2 is 1.19 bits per heavy atom. The van der Waals surface area contributed by atoms with Crippen molar-refractivity contribution in [1.82, 2.24) is 0 Å². The zero-order chi connectivity index (χ0) is 22.9. The van der Waals surface area contributed by atoms with Gasteiger partial charge in [0.05, 0.1) is 14.2 Å². The Hall–Kier alpha value is -2.51. The molecule has 0 aliphatic rings. The first-order valence-electron chi connectivity index (χ1n) is 10.5. The fourth-order valence-corrected chi connectivity index (χ4v) is 7.21. The SMILES string of the molecule is COc1cccc(C)c1P(c1ccc(C)c(C(C)(C)C)c1O)c1c(C)cccc1OC. The monoisotopic (exact) mass is 436 g/mol. The van der Waals surface area contributed by atoms with Gasteiger partial charge in [-0.15, -0.1) is 0 Å². The predicted octanol–water partition coefficient (Wildman–Crippen LogP) is 5.39.